The van der Waals surface area contributed by atoms with Crippen molar-refractivity contribution in [2.45, 2.75) is 19.6 Å². The zero-order valence-electron chi connectivity index (χ0n) is 10.8. The molecule has 2 rings (SSSR count). The molecule has 0 radical (unpaired) electrons. The molecule has 1 aromatic carbocycles. The molecule has 108 valence electrons. The second-order valence-corrected chi connectivity index (χ2v) is 3.98. The smallest absolute Gasteiger partial charge is 0.387 e. The standard InChI is InChI=1S/C14H14F2O4/c1-2-19-12-7-9(3-4-11(12)20-14(15)16)13(17)10-5-6-18-8-10/h3-8,13-14,17H,2H2,1H3. The SMILES string of the molecule is CCOc1cc(C(O)c2ccoc2)ccc1OC(F)F. The van der Waals surface area contributed by atoms with Crippen LogP contribution in [0.4, 0.5) is 8.78 Å². The molecule has 20 heavy (non-hydrogen) atoms. The number of ether oxygens (including phenoxy) is 2. The van der Waals surface area contributed by atoms with Crippen LogP contribution in [0.2, 0.25) is 0 Å². The molecule has 6 heteroatoms. The number of halogens is 2. The summed E-state index contributed by atoms with van der Waals surface area (Å²) < 4.78 is 39.1. The van der Waals surface area contributed by atoms with E-state index < -0.39 is 12.7 Å². The van der Waals surface area contributed by atoms with Gasteiger partial charge in [-0.3, -0.25) is 0 Å². The number of benzene rings is 1. The van der Waals surface area contributed by atoms with Gasteiger partial charge in [0.2, 0.25) is 0 Å². The first-order valence-electron chi connectivity index (χ1n) is 6.03. The molecule has 1 heterocycles. The molecule has 0 spiro atoms. The van der Waals surface area contributed by atoms with E-state index in [0.717, 1.165) is 0 Å². The Kier molecular flexibility index (Phi) is 4.57. The molecule has 1 unspecified atom stereocenters. The predicted octanol–water partition coefficient (Wildman–Crippen LogP) is 3.36. The lowest BCUT2D eigenvalue weighted by Gasteiger charge is -2.15. The van der Waals surface area contributed by atoms with Crippen molar-refractivity contribution in [1.82, 2.24) is 0 Å². The second kappa shape index (κ2) is 6.38. The minimum atomic E-state index is -2.93. The quantitative estimate of drug-likeness (QED) is 0.883. The largest absolute Gasteiger partial charge is 0.490 e. The van der Waals surface area contributed by atoms with E-state index in [1.165, 1.54) is 30.7 Å². The topological polar surface area (TPSA) is 51.8 Å². The van der Waals surface area contributed by atoms with E-state index >= 15 is 0 Å². The first kappa shape index (κ1) is 14.3. The van der Waals surface area contributed by atoms with Crippen LogP contribution in [-0.2, 0) is 0 Å². The van der Waals surface area contributed by atoms with Crippen LogP contribution in [0.25, 0.3) is 0 Å². The van der Waals surface area contributed by atoms with Crippen molar-refractivity contribution in [1.29, 1.82) is 0 Å². The van der Waals surface area contributed by atoms with Crippen LogP contribution in [0.15, 0.2) is 41.2 Å². The van der Waals surface area contributed by atoms with E-state index in [0.29, 0.717) is 17.7 Å². The Balaban J connectivity index is 2.29. The van der Waals surface area contributed by atoms with Gasteiger partial charge in [0.15, 0.2) is 11.5 Å². The minimum Gasteiger partial charge on any atom is -0.490 e. The van der Waals surface area contributed by atoms with E-state index in [1.54, 1.807) is 13.0 Å². The summed E-state index contributed by atoms with van der Waals surface area (Å²) in [5.41, 5.74) is 1.06. The van der Waals surface area contributed by atoms with Crippen LogP contribution in [0.3, 0.4) is 0 Å². The maximum Gasteiger partial charge on any atom is 0.387 e. The zero-order valence-corrected chi connectivity index (χ0v) is 10.8. The van der Waals surface area contributed by atoms with Gasteiger partial charge in [0.05, 0.1) is 19.1 Å². The average molecular weight is 284 g/mol. The Morgan fingerprint density at radius 2 is 2.00 bits per heavy atom. The van der Waals surface area contributed by atoms with Crippen LogP contribution in [-0.4, -0.2) is 18.3 Å². The summed E-state index contributed by atoms with van der Waals surface area (Å²) in [6.45, 7) is -0.908. The van der Waals surface area contributed by atoms with Gasteiger partial charge in [-0.15, -0.1) is 0 Å². The molecule has 0 saturated heterocycles. The van der Waals surface area contributed by atoms with Crippen LogP contribution in [0, 0.1) is 0 Å². The Morgan fingerprint density at radius 1 is 1.20 bits per heavy atom. The van der Waals surface area contributed by atoms with Crippen molar-refractivity contribution in [3.63, 3.8) is 0 Å². The van der Waals surface area contributed by atoms with E-state index in [-0.39, 0.29) is 11.5 Å². The Bertz CT molecular complexity index is 540. The number of rotatable bonds is 6. The second-order valence-electron chi connectivity index (χ2n) is 3.98. The summed E-state index contributed by atoms with van der Waals surface area (Å²) in [5.74, 6) is 0.0952. The predicted molar refractivity (Wildman–Crippen MR) is 67.0 cm³/mol. The third kappa shape index (κ3) is 3.27. The fourth-order valence-electron chi connectivity index (χ4n) is 1.78. The maximum absolute atomic E-state index is 12.3. The summed E-state index contributed by atoms with van der Waals surface area (Å²) in [4.78, 5) is 0. The Hall–Kier alpha value is -2.08. The van der Waals surface area contributed by atoms with Gasteiger partial charge >= 0.3 is 6.61 Å². The van der Waals surface area contributed by atoms with Gasteiger partial charge in [-0.1, -0.05) is 6.07 Å². The highest BCUT2D eigenvalue weighted by Gasteiger charge is 2.16. The van der Waals surface area contributed by atoms with Gasteiger partial charge in [-0.2, -0.15) is 8.78 Å². The summed E-state index contributed by atoms with van der Waals surface area (Å²) >= 11 is 0. The van der Waals surface area contributed by atoms with E-state index in [4.69, 9.17) is 9.15 Å². The van der Waals surface area contributed by atoms with Crippen LogP contribution >= 0.6 is 0 Å². The maximum atomic E-state index is 12.3. The van der Waals surface area contributed by atoms with Gasteiger partial charge in [0, 0.05) is 5.56 Å². The molecule has 1 atom stereocenters. The molecule has 0 aliphatic rings. The number of aliphatic hydroxyl groups excluding tert-OH is 1. The van der Waals surface area contributed by atoms with E-state index in [9.17, 15) is 13.9 Å². The molecule has 0 saturated carbocycles. The van der Waals surface area contributed by atoms with Crippen molar-refractivity contribution in [3.05, 3.63) is 47.9 Å². The van der Waals surface area contributed by atoms with Gasteiger partial charge in [-0.05, 0) is 30.7 Å². The molecule has 4 nitrogen and oxygen atoms in total. The fraction of sp³-hybridized carbons (Fsp3) is 0.286. The highest BCUT2D eigenvalue weighted by Crippen LogP contribution is 2.33. The normalized spacial score (nSPS) is 12.4. The van der Waals surface area contributed by atoms with Crippen molar-refractivity contribution < 1.29 is 27.8 Å². The number of hydrogen-bond acceptors (Lipinski definition) is 4. The first-order chi connectivity index (χ1) is 9.61. The van der Waals surface area contributed by atoms with Gasteiger partial charge in [-0.25, -0.2) is 0 Å². The molecule has 0 aliphatic carbocycles. The summed E-state index contributed by atoms with van der Waals surface area (Å²) in [6, 6.07) is 5.93. The average Bonchev–Trinajstić information content (AvgIpc) is 2.93. The van der Waals surface area contributed by atoms with Crippen molar-refractivity contribution in [2.75, 3.05) is 6.61 Å². The summed E-state index contributed by atoms with van der Waals surface area (Å²) in [6.07, 6.45) is 1.93. The van der Waals surface area contributed by atoms with Crippen LogP contribution in [0.1, 0.15) is 24.2 Å². The fourth-order valence-corrected chi connectivity index (χ4v) is 1.78. The number of alkyl halides is 2. The molecular weight excluding hydrogens is 270 g/mol. The molecule has 2 aromatic rings. The van der Waals surface area contributed by atoms with Crippen molar-refractivity contribution in [2.24, 2.45) is 0 Å². The summed E-state index contributed by atoms with van der Waals surface area (Å²) in [5, 5.41) is 10.1. The molecular formula is C14H14F2O4. The van der Waals surface area contributed by atoms with Gasteiger partial charge in [0.25, 0.3) is 0 Å². The molecule has 0 aliphatic heterocycles. The van der Waals surface area contributed by atoms with E-state index in [1.807, 2.05) is 0 Å². The Morgan fingerprint density at radius 3 is 2.60 bits per heavy atom. The summed E-state index contributed by atoms with van der Waals surface area (Å²) in [7, 11) is 0. The third-order valence-electron chi connectivity index (χ3n) is 2.66. The monoisotopic (exact) mass is 284 g/mol. The lowest BCUT2D eigenvalue weighted by Crippen LogP contribution is -2.06. The Labute approximate surface area is 114 Å². The lowest BCUT2D eigenvalue weighted by atomic mass is 10.0. The van der Waals surface area contributed by atoms with Gasteiger partial charge < -0.3 is 19.0 Å². The van der Waals surface area contributed by atoms with Crippen LogP contribution in [0.5, 0.6) is 11.5 Å². The first-order valence-corrected chi connectivity index (χ1v) is 6.03. The number of aliphatic hydroxyl groups is 1. The third-order valence-corrected chi connectivity index (χ3v) is 2.66. The lowest BCUT2D eigenvalue weighted by molar-refractivity contribution is -0.0514. The highest BCUT2D eigenvalue weighted by molar-refractivity contribution is 5.45. The van der Waals surface area contributed by atoms with Gasteiger partial charge in [0.1, 0.15) is 6.10 Å². The number of furan rings is 1. The minimum absolute atomic E-state index is 0.0648. The number of hydrogen-bond donors (Lipinski definition) is 1. The molecule has 0 bridgehead atoms. The molecule has 1 N–H and O–H groups in total. The van der Waals surface area contributed by atoms with Crippen molar-refractivity contribution >= 4 is 0 Å². The zero-order chi connectivity index (χ0) is 14.5. The molecule has 0 amide bonds. The van der Waals surface area contributed by atoms with Crippen LogP contribution < -0.4 is 9.47 Å². The molecule has 0 fully saturated rings. The van der Waals surface area contributed by atoms with Crippen molar-refractivity contribution in [3.8, 4) is 11.5 Å². The molecule has 1 aromatic heterocycles. The van der Waals surface area contributed by atoms with E-state index in [2.05, 4.69) is 4.74 Å². The highest BCUT2D eigenvalue weighted by atomic mass is 19.3.